The molecule has 0 bridgehead atoms. The van der Waals surface area contributed by atoms with Crippen molar-refractivity contribution in [3.63, 3.8) is 0 Å². The van der Waals surface area contributed by atoms with Gasteiger partial charge in [0.05, 0.1) is 10.2 Å². The Morgan fingerprint density at radius 3 is 2.46 bits per heavy atom. The molecule has 4 aromatic carbocycles. The van der Waals surface area contributed by atoms with Crippen LogP contribution in [-0.4, -0.2) is 22.6 Å². The van der Waals surface area contributed by atoms with Crippen molar-refractivity contribution in [2.45, 2.75) is 33.4 Å². The number of fused-ring (bicyclic) bond motifs is 5. The van der Waals surface area contributed by atoms with E-state index in [9.17, 15) is 0 Å². The normalized spacial score (nSPS) is 14.7. The van der Waals surface area contributed by atoms with Crippen LogP contribution in [0.1, 0.15) is 38.0 Å². The first-order chi connectivity index (χ1) is 19.2. The molecule has 0 aliphatic carbocycles. The van der Waals surface area contributed by atoms with Crippen molar-refractivity contribution in [1.82, 2.24) is 9.55 Å². The van der Waals surface area contributed by atoms with Gasteiger partial charge >= 0.3 is 0 Å². The van der Waals surface area contributed by atoms with Gasteiger partial charge in [0.1, 0.15) is 16.9 Å². The molecule has 0 spiro atoms. The summed E-state index contributed by atoms with van der Waals surface area (Å²) in [4.78, 5) is 7.27. The first-order valence-corrected chi connectivity index (χ1v) is 14.6. The molecule has 1 unspecified atom stereocenters. The maximum atomic E-state index is 6.59. The maximum Gasteiger partial charge on any atom is 0.142 e. The van der Waals surface area contributed by atoms with E-state index in [1.54, 1.807) is 11.3 Å². The third kappa shape index (κ3) is 4.00. The molecule has 0 radical (unpaired) electrons. The molecule has 5 heteroatoms. The van der Waals surface area contributed by atoms with Crippen molar-refractivity contribution in [3.05, 3.63) is 96.1 Å². The summed E-state index contributed by atoms with van der Waals surface area (Å²) in [6, 6.07) is 28.5. The van der Waals surface area contributed by atoms with Crippen molar-refractivity contribution in [1.29, 1.82) is 0 Å². The van der Waals surface area contributed by atoms with E-state index >= 15 is 0 Å². The largest absolute Gasteiger partial charge is 0.481 e. The molecule has 1 aliphatic rings. The first-order valence-electron chi connectivity index (χ1n) is 13.8. The predicted molar refractivity (Wildman–Crippen MR) is 166 cm³/mol. The summed E-state index contributed by atoms with van der Waals surface area (Å²) < 4.78 is 10.2. The fourth-order valence-electron chi connectivity index (χ4n) is 5.86. The molecule has 1 aliphatic heterocycles. The van der Waals surface area contributed by atoms with Gasteiger partial charge in [-0.2, -0.15) is 0 Å². The summed E-state index contributed by atoms with van der Waals surface area (Å²) in [5.74, 6) is 0.945. The van der Waals surface area contributed by atoms with Gasteiger partial charge in [0.25, 0.3) is 0 Å². The van der Waals surface area contributed by atoms with Crippen LogP contribution in [0, 0.1) is 0 Å². The summed E-state index contributed by atoms with van der Waals surface area (Å²) in [5, 5.41) is 3.58. The van der Waals surface area contributed by atoms with Crippen LogP contribution in [0.25, 0.3) is 48.7 Å². The van der Waals surface area contributed by atoms with Crippen LogP contribution in [0.3, 0.4) is 0 Å². The summed E-state index contributed by atoms with van der Waals surface area (Å²) in [7, 11) is 0. The second-order valence-electron chi connectivity index (χ2n) is 10.0. The van der Waals surface area contributed by atoms with E-state index < -0.39 is 0 Å². The molecule has 2 aromatic heterocycles. The summed E-state index contributed by atoms with van der Waals surface area (Å²) >= 11 is 1.75. The van der Waals surface area contributed by atoms with Crippen LogP contribution in [0.15, 0.2) is 84.9 Å². The van der Waals surface area contributed by atoms with E-state index in [0.29, 0.717) is 0 Å². The number of benzene rings is 4. The Balaban J connectivity index is 1.30. The fraction of sp³-hybridized carbons (Fsp3) is 0.206. The number of hydrogen-bond donors (Lipinski definition) is 0. The Morgan fingerprint density at radius 1 is 0.872 bits per heavy atom. The lowest BCUT2D eigenvalue weighted by atomic mass is 10.0. The van der Waals surface area contributed by atoms with Crippen molar-refractivity contribution >= 4 is 55.1 Å². The Morgan fingerprint density at radius 2 is 1.67 bits per heavy atom. The lowest BCUT2D eigenvalue weighted by molar-refractivity contribution is 0.252. The number of para-hydroxylation sites is 1. The molecule has 3 heterocycles. The number of anilines is 1. The van der Waals surface area contributed by atoms with Crippen LogP contribution < -0.4 is 9.64 Å². The highest BCUT2D eigenvalue weighted by Crippen LogP contribution is 2.39. The molecule has 0 saturated carbocycles. The maximum absolute atomic E-state index is 6.59. The van der Waals surface area contributed by atoms with Gasteiger partial charge in [-0.15, -0.1) is 11.3 Å². The second-order valence-corrected chi connectivity index (χ2v) is 11.1. The highest BCUT2D eigenvalue weighted by molar-refractivity contribution is 7.21. The van der Waals surface area contributed by atoms with Crippen LogP contribution >= 0.6 is 11.3 Å². The lowest BCUT2D eigenvalue weighted by Gasteiger charge is -2.26. The summed E-state index contributed by atoms with van der Waals surface area (Å²) in [6.07, 6.45) is 4.24. The highest BCUT2D eigenvalue weighted by atomic mass is 32.1. The van der Waals surface area contributed by atoms with Gasteiger partial charge in [-0.05, 0) is 87.0 Å². The Labute approximate surface area is 232 Å². The third-order valence-electron chi connectivity index (χ3n) is 7.90. The zero-order valence-corrected chi connectivity index (χ0v) is 23.3. The molecular weight excluding hydrogens is 498 g/mol. The van der Waals surface area contributed by atoms with Crippen LogP contribution in [0.2, 0.25) is 0 Å². The number of hydrogen-bond acceptors (Lipinski definition) is 4. The van der Waals surface area contributed by atoms with Gasteiger partial charge in [0.2, 0.25) is 0 Å². The average molecular weight is 530 g/mol. The first kappa shape index (κ1) is 24.0. The third-order valence-corrected chi connectivity index (χ3v) is 8.99. The van der Waals surface area contributed by atoms with Gasteiger partial charge in [0, 0.05) is 64.3 Å². The topological polar surface area (TPSA) is 30.3 Å². The molecule has 0 N–H and O–H groups in total. The molecule has 0 amide bonds. The number of ether oxygens (including phenoxy) is 1. The number of aryl methyl sites for hydroxylation is 1. The Hall–Kier alpha value is -4.09. The monoisotopic (exact) mass is 529 g/mol. The Bertz CT molecular complexity index is 1840. The second kappa shape index (κ2) is 9.58. The van der Waals surface area contributed by atoms with E-state index in [-0.39, 0.29) is 6.10 Å². The minimum Gasteiger partial charge on any atom is -0.481 e. The highest BCUT2D eigenvalue weighted by Gasteiger charge is 2.20. The van der Waals surface area contributed by atoms with Crippen LogP contribution in [0.5, 0.6) is 5.75 Å². The van der Waals surface area contributed by atoms with Gasteiger partial charge in [-0.3, -0.25) is 0 Å². The van der Waals surface area contributed by atoms with Crippen LogP contribution in [0.4, 0.5) is 5.69 Å². The molecule has 39 heavy (non-hydrogen) atoms. The minimum absolute atomic E-state index is 0.124. The average Bonchev–Trinajstić information content (AvgIpc) is 3.56. The standard InChI is InChI=1S/C34H31N3OS/c1-4-36(5-2)25-15-11-22-14-18-31(38-32(22)21-25)23-12-16-29-26(19-23)27-20-24(13-17-30(27)37(29)6-3)34-35-28-9-7-8-10-33(28)39-34/h7-21,31H,4-6H2,1-3H3. The lowest BCUT2D eigenvalue weighted by Crippen LogP contribution is -2.22. The van der Waals surface area contributed by atoms with Gasteiger partial charge in [-0.1, -0.05) is 24.3 Å². The van der Waals surface area contributed by atoms with Crippen molar-refractivity contribution in [2.24, 2.45) is 0 Å². The molecule has 194 valence electrons. The minimum atomic E-state index is -0.124. The quantitative estimate of drug-likeness (QED) is 0.216. The molecule has 4 nitrogen and oxygen atoms in total. The van der Waals surface area contributed by atoms with Crippen molar-refractivity contribution in [2.75, 3.05) is 18.0 Å². The summed E-state index contributed by atoms with van der Waals surface area (Å²) in [5.41, 5.74) is 8.23. The van der Waals surface area contributed by atoms with Gasteiger partial charge in [0.15, 0.2) is 0 Å². The molecule has 7 rings (SSSR count). The number of rotatable bonds is 6. The van der Waals surface area contributed by atoms with E-state index in [1.165, 1.54) is 32.2 Å². The number of nitrogens with zero attached hydrogens (tertiary/aromatic N) is 3. The van der Waals surface area contributed by atoms with Crippen LogP contribution in [-0.2, 0) is 6.54 Å². The number of thiazole rings is 1. The smallest absolute Gasteiger partial charge is 0.142 e. The fourth-order valence-corrected chi connectivity index (χ4v) is 6.82. The Kier molecular flexibility index (Phi) is 5.89. The summed E-state index contributed by atoms with van der Waals surface area (Å²) in [6.45, 7) is 9.47. The zero-order valence-electron chi connectivity index (χ0n) is 22.5. The molecule has 0 saturated heterocycles. The van der Waals surface area contributed by atoms with E-state index in [0.717, 1.165) is 52.6 Å². The van der Waals surface area contributed by atoms with E-state index in [4.69, 9.17) is 9.72 Å². The van der Waals surface area contributed by atoms with Crippen molar-refractivity contribution in [3.8, 4) is 16.3 Å². The number of aromatic nitrogens is 2. The van der Waals surface area contributed by atoms with Crippen molar-refractivity contribution < 1.29 is 4.74 Å². The SMILES string of the molecule is CCN(CC)c1ccc2c(c1)OC(c1ccc3c(c1)c1cc(-c4nc5ccccc5s4)ccc1n3CC)C=C2. The van der Waals surface area contributed by atoms with E-state index in [2.05, 4.69) is 121 Å². The van der Waals surface area contributed by atoms with Gasteiger partial charge < -0.3 is 14.2 Å². The molecule has 0 fully saturated rings. The van der Waals surface area contributed by atoms with Gasteiger partial charge in [-0.25, -0.2) is 4.98 Å². The molecular formula is C34H31N3OS. The van der Waals surface area contributed by atoms with E-state index in [1.807, 2.05) is 0 Å². The molecule has 1 atom stereocenters. The molecule has 6 aromatic rings. The predicted octanol–water partition coefficient (Wildman–Crippen LogP) is 9.08. The zero-order chi connectivity index (χ0) is 26.5.